The highest BCUT2D eigenvalue weighted by Gasteiger charge is 2.27. The molecule has 3 heteroatoms. The monoisotopic (exact) mass is 228 g/mol. The number of nitrogens with two attached hydrogens (primary N) is 1. The molecule has 0 saturated carbocycles. The standard InChI is InChI=1S/C13H28N2O/c1-6-8-9-11(7-2)12(16)15-13(4,5)10(3)14/h10-11H,6-9,14H2,1-5H3,(H,15,16). The predicted molar refractivity (Wildman–Crippen MR) is 69.2 cm³/mol. The van der Waals surface area contributed by atoms with Crippen molar-refractivity contribution in [2.24, 2.45) is 11.7 Å². The zero-order valence-corrected chi connectivity index (χ0v) is 11.5. The second kappa shape index (κ2) is 6.89. The first-order valence-corrected chi connectivity index (χ1v) is 6.42. The maximum Gasteiger partial charge on any atom is 0.223 e. The average molecular weight is 228 g/mol. The SMILES string of the molecule is CCCCC(CC)C(=O)NC(C)(C)C(C)N. The first kappa shape index (κ1) is 15.4. The van der Waals surface area contributed by atoms with Gasteiger partial charge in [-0.05, 0) is 33.6 Å². The Balaban J connectivity index is 4.30. The van der Waals surface area contributed by atoms with Crippen molar-refractivity contribution in [2.75, 3.05) is 0 Å². The molecule has 0 heterocycles. The van der Waals surface area contributed by atoms with Gasteiger partial charge in [0.1, 0.15) is 0 Å². The fraction of sp³-hybridized carbons (Fsp3) is 0.923. The molecule has 0 aliphatic carbocycles. The van der Waals surface area contributed by atoms with E-state index in [9.17, 15) is 4.79 Å². The summed E-state index contributed by atoms with van der Waals surface area (Å²) in [5.74, 6) is 0.288. The van der Waals surface area contributed by atoms with Crippen molar-refractivity contribution in [1.29, 1.82) is 0 Å². The molecule has 96 valence electrons. The molecule has 3 N–H and O–H groups in total. The number of hydrogen-bond acceptors (Lipinski definition) is 2. The van der Waals surface area contributed by atoms with Crippen LogP contribution in [0.5, 0.6) is 0 Å². The minimum atomic E-state index is -0.323. The number of carbonyl (C=O) groups excluding carboxylic acids is 1. The van der Waals surface area contributed by atoms with Gasteiger partial charge in [-0.1, -0.05) is 26.7 Å². The fourth-order valence-corrected chi connectivity index (χ4v) is 1.50. The van der Waals surface area contributed by atoms with Gasteiger partial charge >= 0.3 is 0 Å². The lowest BCUT2D eigenvalue weighted by Gasteiger charge is -2.32. The van der Waals surface area contributed by atoms with E-state index in [1.807, 2.05) is 20.8 Å². The van der Waals surface area contributed by atoms with Crippen molar-refractivity contribution in [3.63, 3.8) is 0 Å². The zero-order chi connectivity index (χ0) is 12.8. The molecule has 0 aliphatic rings. The summed E-state index contributed by atoms with van der Waals surface area (Å²) in [4.78, 5) is 12.0. The fourth-order valence-electron chi connectivity index (χ4n) is 1.50. The Bertz CT molecular complexity index is 212. The molecule has 16 heavy (non-hydrogen) atoms. The molecule has 0 rings (SSSR count). The van der Waals surface area contributed by atoms with Gasteiger partial charge in [0.2, 0.25) is 5.91 Å². The van der Waals surface area contributed by atoms with Crippen LogP contribution in [0.15, 0.2) is 0 Å². The molecule has 0 aromatic rings. The Labute approximate surface area is 100 Å². The van der Waals surface area contributed by atoms with E-state index in [1.54, 1.807) is 0 Å². The van der Waals surface area contributed by atoms with E-state index >= 15 is 0 Å². The summed E-state index contributed by atoms with van der Waals surface area (Å²) in [6.07, 6.45) is 4.14. The number of unbranched alkanes of at least 4 members (excludes halogenated alkanes) is 1. The highest BCUT2D eigenvalue weighted by atomic mass is 16.2. The Kier molecular flexibility index (Phi) is 6.65. The summed E-state index contributed by atoms with van der Waals surface area (Å²) in [6.45, 7) is 10.1. The smallest absolute Gasteiger partial charge is 0.223 e. The zero-order valence-electron chi connectivity index (χ0n) is 11.5. The molecule has 1 amide bonds. The summed E-state index contributed by atoms with van der Waals surface area (Å²) >= 11 is 0. The second-order valence-electron chi connectivity index (χ2n) is 5.25. The van der Waals surface area contributed by atoms with Crippen LogP contribution in [0.3, 0.4) is 0 Å². The Morgan fingerprint density at radius 2 is 1.94 bits per heavy atom. The molecule has 3 nitrogen and oxygen atoms in total. The third-order valence-electron chi connectivity index (χ3n) is 3.35. The Morgan fingerprint density at radius 3 is 2.31 bits per heavy atom. The van der Waals surface area contributed by atoms with Crippen molar-refractivity contribution in [1.82, 2.24) is 5.32 Å². The van der Waals surface area contributed by atoms with E-state index in [0.29, 0.717) is 0 Å². The Morgan fingerprint density at radius 1 is 1.38 bits per heavy atom. The van der Waals surface area contributed by atoms with Crippen LogP contribution in [0.2, 0.25) is 0 Å². The molecule has 0 aromatic carbocycles. The number of amides is 1. The summed E-state index contributed by atoms with van der Waals surface area (Å²) in [5, 5.41) is 3.05. The number of hydrogen-bond donors (Lipinski definition) is 2. The summed E-state index contributed by atoms with van der Waals surface area (Å²) < 4.78 is 0. The molecule has 0 bridgehead atoms. The molecule has 0 saturated heterocycles. The van der Waals surface area contributed by atoms with Crippen LogP contribution in [-0.4, -0.2) is 17.5 Å². The van der Waals surface area contributed by atoms with Crippen LogP contribution in [0.4, 0.5) is 0 Å². The maximum atomic E-state index is 12.0. The van der Waals surface area contributed by atoms with E-state index < -0.39 is 0 Å². The minimum Gasteiger partial charge on any atom is -0.349 e. The lowest BCUT2D eigenvalue weighted by Crippen LogP contribution is -2.55. The van der Waals surface area contributed by atoms with Crippen LogP contribution in [0.1, 0.15) is 60.3 Å². The van der Waals surface area contributed by atoms with E-state index in [2.05, 4.69) is 19.2 Å². The van der Waals surface area contributed by atoms with Gasteiger partial charge in [0.15, 0.2) is 0 Å². The van der Waals surface area contributed by atoms with Crippen molar-refractivity contribution in [3.05, 3.63) is 0 Å². The van der Waals surface area contributed by atoms with Crippen LogP contribution >= 0.6 is 0 Å². The largest absolute Gasteiger partial charge is 0.349 e. The van der Waals surface area contributed by atoms with Gasteiger partial charge in [0.05, 0.1) is 0 Å². The van der Waals surface area contributed by atoms with Gasteiger partial charge in [-0.25, -0.2) is 0 Å². The number of carbonyl (C=O) groups is 1. The first-order chi connectivity index (χ1) is 7.35. The molecular weight excluding hydrogens is 200 g/mol. The van der Waals surface area contributed by atoms with Crippen molar-refractivity contribution >= 4 is 5.91 Å². The molecule has 2 atom stereocenters. The van der Waals surface area contributed by atoms with Crippen LogP contribution < -0.4 is 11.1 Å². The van der Waals surface area contributed by atoms with E-state index in [0.717, 1.165) is 25.7 Å². The normalized spacial score (nSPS) is 15.6. The molecule has 0 fully saturated rings. The molecule has 0 aliphatic heterocycles. The highest BCUT2D eigenvalue weighted by molar-refractivity contribution is 5.79. The van der Waals surface area contributed by atoms with Gasteiger partial charge < -0.3 is 11.1 Å². The van der Waals surface area contributed by atoms with Crippen LogP contribution in [-0.2, 0) is 4.79 Å². The highest BCUT2D eigenvalue weighted by Crippen LogP contribution is 2.15. The predicted octanol–water partition coefficient (Wildman–Crippen LogP) is 2.44. The van der Waals surface area contributed by atoms with E-state index in [-0.39, 0.29) is 23.4 Å². The minimum absolute atomic E-state index is 0.0415. The number of nitrogens with one attached hydrogen (secondary N) is 1. The summed E-state index contributed by atoms with van der Waals surface area (Å²) in [6, 6.07) is -0.0415. The van der Waals surface area contributed by atoms with Gasteiger partial charge in [-0.3, -0.25) is 4.79 Å². The third kappa shape index (κ3) is 4.97. The molecular formula is C13H28N2O. The van der Waals surface area contributed by atoms with E-state index in [4.69, 9.17) is 5.73 Å². The van der Waals surface area contributed by atoms with Crippen LogP contribution in [0.25, 0.3) is 0 Å². The van der Waals surface area contributed by atoms with Gasteiger partial charge in [-0.2, -0.15) is 0 Å². The molecule has 0 radical (unpaired) electrons. The van der Waals surface area contributed by atoms with Gasteiger partial charge in [-0.15, -0.1) is 0 Å². The summed E-state index contributed by atoms with van der Waals surface area (Å²) in [7, 11) is 0. The average Bonchev–Trinajstić information content (AvgIpc) is 2.18. The molecule has 0 aromatic heterocycles. The van der Waals surface area contributed by atoms with E-state index in [1.165, 1.54) is 0 Å². The van der Waals surface area contributed by atoms with Crippen LogP contribution in [0, 0.1) is 5.92 Å². The topological polar surface area (TPSA) is 55.1 Å². The second-order valence-corrected chi connectivity index (χ2v) is 5.25. The third-order valence-corrected chi connectivity index (χ3v) is 3.35. The van der Waals surface area contributed by atoms with Crippen molar-refractivity contribution < 1.29 is 4.79 Å². The Hall–Kier alpha value is -0.570. The van der Waals surface area contributed by atoms with Gasteiger partial charge in [0, 0.05) is 17.5 Å². The first-order valence-electron chi connectivity index (χ1n) is 6.42. The summed E-state index contributed by atoms with van der Waals surface area (Å²) in [5.41, 5.74) is 5.52. The van der Waals surface area contributed by atoms with Crippen molar-refractivity contribution in [3.8, 4) is 0 Å². The van der Waals surface area contributed by atoms with Gasteiger partial charge in [0.25, 0.3) is 0 Å². The lowest BCUT2D eigenvalue weighted by atomic mass is 9.93. The number of rotatable bonds is 7. The maximum absolute atomic E-state index is 12.0. The van der Waals surface area contributed by atoms with Crippen molar-refractivity contribution in [2.45, 2.75) is 71.9 Å². The quantitative estimate of drug-likeness (QED) is 0.703. The molecule has 2 unspecified atom stereocenters. The lowest BCUT2D eigenvalue weighted by molar-refractivity contribution is -0.127. The molecule has 0 spiro atoms.